The quantitative estimate of drug-likeness (QED) is 0.638. The molecule has 0 atom stereocenters. The molecule has 0 aliphatic heterocycles. The van der Waals surface area contributed by atoms with Gasteiger partial charge < -0.3 is 4.74 Å². The van der Waals surface area contributed by atoms with E-state index in [0.717, 1.165) is 10.9 Å². The first-order valence-corrected chi connectivity index (χ1v) is 4.24. The zero-order valence-corrected chi connectivity index (χ0v) is 8.02. The van der Waals surface area contributed by atoms with Crippen LogP contribution < -0.4 is 0 Å². The third kappa shape index (κ3) is 1.16. The molecule has 0 spiro atoms. The van der Waals surface area contributed by atoms with Crippen molar-refractivity contribution in [1.82, 2.24) is 9.78 Å². The van der Waals surface area contributed by atoms with Gasteiger partial charge in [-0.15, -0.1) is 0 Å². The normalized spacial score (nSPS) is 10.4. The van der Waals surface area contributed by atoms with E-state index in [-0.39, 0.29) is 5.97 Å². The molecule has 0 N–H and O–H groups in total. The second kappa shape index (κ2) is 3.14. The predicted octanol–water partition coefficient (Wildman–Crippen LogP) is 1.36. The predicted molar refractivity (Wildman–Crippen MR) is 52.1 cm³/mol. The Morgan fingerprint density at radius 1 is 1.43 bits per heavy atom. The first-order chi connectivity index (χ1) is 6.74. The number of esters is 1. The summed E-state index contributed by atoms with van der Waals surface area (Å²) in [6, 6.07) is 7.48. The molecule has 0 saturated heterocycles. The van der Waals surface area contributed by atoms with Crippen molar-refractivity contribution in [2.24, 2.45) is 7.05 Å². The summed E-state index contributed by atoms with van der Waals surface area (Å²) >= 11 is 0. The largest absolute Gasteiger partial charge is 0.464 e. The molecular weight excluding hydrogens is 180 g/mol. The maximum Gasteiger partial charge on any atom is 0.356 e. The van der Waals surface area contributed by atoms with Crippen molar-refractivity contribution in [1.29, 1.82) is 0 Å². The van der Waals surface area contributed by atoms with Gasteiger partial charge in [0.2, 0.25) is 0 Å². The van der Waals surface area contributed by atoms with Crippen molar-refractivity contribution in [2.75, 3.05) is 7.11 Å². The van der Waals surface area contributed by atoms with Crippen molar-refractivity contribution >= 4 is 16.9 Å². The molecule has 0 aliphatic carbocycles. The third-order valence-corrected chi connectivity index (χ3v) is 2.12. The van der Waals surface area contributed by atoms with E-state index in [4.69, 9.17) is 0 Å². The average molecular weight is 190 g/mol. The maximum atomic E-state index is 11.4. The van der Waals surface area contributed by atoms with E-state index < -0.39 is 0 Å². The van der Waals surface area contributed by atoms with Crippen LogP contribution in [0.3, 0.4) is 0 Å². The van der Waals surface area contributed by atoms with E-state index >= 15 is 0 Å². The molecule has 0 amide bonds. The lowest BCUT2D eigenvalue weighted by molar-refractivity contribution is 0.0590. The van der Waals surface area contributed by atoms with E-state index in [1.807, 2.05) is 24.3 Å². The van der Waals surface area contributed by atoms with Crippen molar-refractivity contribution in [3.8, 4) is 0 Å². The summed E-state index contributed by atoms with van der Waals surface area (Å²) in [5, 5.41) is 5.02. The van der Waals surface area contributed by atoms with E-state index in [1.54, 1.807) is 7.05 Å². The minimum absolute atomic E-state index is 0.360. The minimum atomic E-state index is -0.360. The Bertz CT molecular complexity index is 488. The molecule has 1 heterocycles. The summed E-state index contributed by atoms with van der Waals surface area (Å²) in [6.07, 6.45) is 0. The first kappa shape index (κ1) is 8.74. The molecule has 0 fully saturated rings. The van der Waals surface area contributed by atoms with Crippen LogP contribution in [0.4, 0.5) is 0 Å². The first-order valence-electron chi connectivity index (χ1n) is 4.24. The number of aryl methyl sites for hydroxylation is 1. The van der Waals surface area contributed by atoms with Gasteiger partial charge in [-0.05, 0) is 6.07 Å². The SMILES string of the molecule is COC(=O)c1c2ccccc2nn1C. The van der Waals surface area contributed by atoms with Crippen LogP contribution in [0.5, 0.6) is 0 Å². The van der Waals surface area contributed by atoms with E-state index in [9.17, 15) is 4.79 Å². The number of carbonyl (C=O) groups excluding carboxylic acids is 1. The van der Waals surface area contributed by atoms with Gasteiger partial charge in [0.05, 0.1) is 12.6 Å². The number of methoxy groups -OCH3 is 1. The highest BCUT2D eigenvalue weighted by Crippen LogP contribution is 2.17. The van der Waals surface area contributed by atoms with Crippen molar-refractivity contribution < 1.29 is 9.53 Å². The molecule has 2 aromatic rings. The van der Waals surface area contributed by atoms with Crippen LogP contribution in [0.25, 0.3) is 10.9 Å². The summed E-state index contributed by atoms with van der Waals surface area (Å²) in [5.41, 5.74) is 1.29. The fourth-order valence-corrected chi connectivity index (χ4v) is 1.49. The van der Waals surface area contributed by atoms with Gasteiger partial charge in [-0.1, -0.05) is 18.2 Å². The fourth-order valence-electron chi connectivity index (χ4n) is 1.49. The van der Waals surface area contributed by atoms with Gasteiger partial charge in [0, 0.05) is 12.4 Å². The van der Waals surface area contributed by atoms with Gasteiger partial charge in [-0.25, -0.2) is 4.79 Å². The summed E-state index contributed by atoms with van der Waals surface area (Å²) in [4.78, 5) is 11.4. The molecule has 0 radical (unpaired) electrons. The Balaban J connectivity index is 2.74. The molecule has 14 heavy (non-hydrogen) atoms. The van der Waals surface area contributed by atoms with Crippen LogP contribution in [0.2, 0.25) is 0 Å². The molecule has 1 aromatic carbocycles. The monoisotopic (exact) mass is 190 g/mol. The van der Waals surface area contributed by atoms with Crippen LogP contribution in [-0.2, 0) is 11.8 Å². The highest BCUT2D eigenvalue weighted by molar-refractivity contribution is 6.02. The molecular formula is C10H10N2O2. The van der Waals surface area contributed by atoms with Crippen molar-refractivity contribution in [3.63, 3.8) is 0 Å². The van der Waals surface area contributed by atoms with E-state index in [0.29, 0.717) is 5.69 Å². The van der Waals surface area contributed by atoms with E-state index in [2.05, 4.69) is 9.84 Å². The van der Waals surface area contributed by atoms with Gasteiger partial charge in [0.15, 0.2) is 5.69 Å². The van der Waals surface area contributed by atoms with Gasteiger partial charge in [0.25, 0.3) is 0 Å². The molecule has 0 bridgehead atoms. The summed E-state index contributed by atoms with van der Waals surface area (Å²) in [5.74, 6) is -0.360. The Labute approximate surface area is 81.1 Å². The highest BCUT2D eigenvalue weighted by Gasteiger charge is 2.15. The Morgan fingerprint density at radius 3 is 2.86 bits per heavy atom. The number of hydrogen-bond donors (Lipinski definition) is 0. The minimum Gasteiger partial charge on any atom is -0.464 e. The molecule has 1 aromatic heterocycles. The van der Waals surface area contributed by atoms with Crippen LogP contribution >= 0.6 is 0 Å². The summed E-state index contributed by atoms with van der Waals surface area (Å²) < 4.78 is 6.22. The second-order valence-electron chi connectivity index (χ2n) is 2.98. The van der Waals surface area contributed by atoms with E-state index in [1.165, 1.54) is 11.8 Å². The van der Waals surface area contributed by atoms with Crippen molar-refractivity contribution in [2.45, 2.75) is 0 Å². The summed E-state index contributed by atoms with van der Waals surface area (Å²) in [6.45, 7) is 0. The molecule has 0 aliphatic rings. The van der Waals surface area contributed by atoms with Gasteiger partial charge in [-0.2, -0.15) is 5.10 Å². The third-order valence-electron chi connectivity index (χ3n) is 2.12. The zero-order valence-electron chi connectivity index (χ0n) is 8.02. The topological polar surface area (TPSA) is 44.1 Å². The van der Waals surface area contributed by atoms with Crippen molar-refractivity contribution in [3.05, 3.63) is 30.0 Å². The number of nitrogens with zero attached hydrogens (tertiary/aromatic N) is 2. The fraction of sp³-hybridized carbons (Fsp3) is 0.200. The Hall–Kier alpha value is -1.84. The lowest BCUT2D eigenvalue weighted by atomic mass is 10.2. The average Bonchev–Trinajstić information content (AvgIpc) is 2.53. The molecule has 4 heteroatoms. The number of hydrogen-bond acceptors (Lipinski definition) is 3. The van der Waals surface area contributed by atoms with Crippen LogP contribution in [0, 0.1) is 0 Å². The van der Waals surface area contributed by atoms with Crippen LogP contribution in [-0.4, -0.2) is 22.9 Å². The Kier molecular flexibility index (Phi) is 1.96. The molecule has 72 valence electrons. The lowest BCUT2D eigenvalue weighted by Gasteiger charge is -1.98. The Morgan fingerprint density at radius 2 is 2.14 bits per heavy atom. The molecule has 2 rings (SSSR count). The standard InChI is InChI=1S/C10H10N2O2/c1-12-9(10(13)14-2)7-5-3-4-6-8(7)11-12/h3-6H,1-2H3. The number of benzene rings is 1. The lowest BCUT2D eigenvalue weighted by Crippen LogP contribution is -2.08. The molecule has 0 saturated carbocycles. The number of carbonyl (C=O) groups is 1. The van der Waals surface area contributed by atoms with Crippen LogP contribution in [0.1, 0.15) is 10.5 Å². The van der Waals surface area contributed by atoms with Crippen LogP contribution in [0.15, 0.2) is 24.3 Å². The molecule has 0 unspecified atom stereocenters. The van der Waals surface area contributed by atoms with Gasteiger partial charge in [-0.3, -0.25) is 4.68 Å². The molecule has 4 nitrogen and oxygen atoms in total. The van der Waals surface area contributed by atoms with Gasteiger partial charge in [0.1, 0.15) is 0 Å². The number of fused-ring (bicyclic) bond motifs is 1. The van der Waals surface area contributed by atoms with Gasteiger partial charge >= 0.3 is 5.97 Å². The zero-order chi connectivity index (χ0) is 10.1. The number of rotatable bonds is 1. The highest BCUT2D eigenvalue weighted by atomic mass is 16.5. The second-order valence-corrected chi connectivity index (χ2v) is 2.98. The number of aromatic nitrogens is 2. The summed E-state index contributed by atoms with van der Waals surface area (Å²) in [7, 11) is 3.09. The maximum absolute atomic E-state index is 11.4. The number of ether oxygens (including phenoxy) is 1. The smallest absolute Gasteiger partial charge is 0.356 e.